The van der Waals surface area contributed by atoms with E-state index in [1.54, 1.807) is 41.4 Å². The maximum Gasteiger partial charge on any atom is 0.188 e. The summed E-state index contributed by atoms with van der Waals surface area (Å²) in [5.41, 5.74) is 2.12. The van der Waals surface area contributed by atoms with Gasteiger partial charge in [-0.3, -0.25) is 4.79 Å². The monoisotopic (exact) mass is 309 g/mol. The lowest BCUT2D eigenvalue weighted by Gasteiger charge is -2.07. The fourth-order valence-electron chi connectivity index (χ4n) is 2.04. The number of hydrogen-bond donors (Lipinski definition) is 0. The molecule has 0 N–H and O–H groups in total. The van der Waals surface area contributed by atoms with Crippen LogP contribution >= 0.6 is 11.6 Å². The molecule has 0 atom stereocenters. The number of rotatable bonds is 4. The third-order valence-corrected chi connectivity index (χ3v) is 3.38. The highest BCUT2D eigenvalue weighted by molar-refractivity contribution is 6.30. The number of allylic oxidation sites excluding steroid dienone is 1. The van der Waals surface area contributed by atoms with Crippen molar-refractivity contribution in [3.8, 4) is 0 Å². The lowest BCUT2D eigenvalue weighted by atomic mass is 10.1. The van der Waals surface area contributed by atoms with Crippen molar-refractivity contribution in [2.75, 3.05) is 0 Å². The Kier molecular flexibility index (Phi) is 4.12. The zero-order valence-electron chi connectivity index (χ0n) is 11.6. The van der Waals surface area contributed by atoms with Crippen LogP contribution in [0.4, 0.5) is 0 Å². The second-order valence-corrected chi connectivity index (χ2v) is 5.04. The van der Waals surface area contributed by atoms with Crippen molar-refractivity contribution in [2.45, 2.75) is 0 Å². The van der Waals surface area contributed by atoms with Crippen LogP contribution in [0.5, 0.6) is 0 Å². The number of nitrogens with zero attached hydrogens (tertiary/aromatic N) is 3. The van der Waals surface area contributed by atoms with Gasteiger partial charge in [0.05, 0.1) is 5.70 Å². The van der Waals surface area contributed by atoms with Crippen LogP contribution in [0.15, 0.2) is 73.3 Å². The lowest BCUT2D eigenvalue weighted by molar-refractivity contribution is 0.104. The molecule has 0 amide bonds. The van der Waals surface area contributed by atoms with Crippen molar-refractivity contribution in [3.05, 3.63) is 89.5 Å². The summed E-state index contributed by atoms with van der Waals surface area (Å²) in [6.45, 7) is 0. The van der Waals surface area contributed by atoms with Crippen LogP contribution in [0.3, 0.4) is 0 Å². The van der Waals surface area contributed by atoms with Crippen molar-refractivity contribution in [1.82, 2.24) is 14.8 Å². The maximum absolute atomic E-state index is 12.5. The second kappa shape index (κ2) is 6.37. The zero-order chi connectivity index (χ0) is 15.4. The molecule has 5 heteroatoms. The van der Waals surface area contributed by atoms with E-state index >= 15 is 0 Å². The molecule has 0 spiro atoms. The molecular formula is C17H12ClN3O. The first-order chi connectivity index (χ1) is 10.7. The number of halogens is 1. The first kappa shape index (κ1) is 14.2. The van der Waals surface area contributed by atoms with E-state index in [-0.39, 0.29) is 5.78 Å². The molecular weight excluding hydrogens is 298 g/mol. The Hall–Kier alpha value is -2.72. The number of hydrogen-bond acceptors (Lipinski definition) is 3. The molecule has 1 heterocycles. The third kappa shape index (κ3) is 3.13. The largest absolute Gasteiger partial charge is 0.289 e. The van der Waals surface area contributed by atoms with Crippen LogP contribution in [0.25, 0.3) is 5.70 Å². The Labute approximate surface area is 132 Å². The van der Waals surface area contributed by atoms with Crippen LogP contribution in [-0.2, 0) is 0 Å². The van der Waals surface area contributed by atoms with Crippen LogP contribution in [0.2, 0.25) is 5.02 Å². The Balaban J connectivity index is 2.02. The molecule has 0 aliphatic heterocycles. The third-order valence-electron chi connectivity index (χ3n) is 3.13. The van der Waals surface area contributed by atoms with E-state index in [4.69, 9.17) is 11.6 Å². The van der Waals surface area contributed by atoms with Crippen molar-refractivity contribution >= 4 is 23.1 Å². The maximum atomic E-state index is 12.5. The first-order valence-electron chi connectivity index (χ1n) is 6.66. The summed E-state index contributed by atoms with van der Waals surface area (Å²) >= 11 is 5.85. The smallest absolute Gasteiger partial charge is 0.188 e. The molecule has 0 aliphatic carbocycles. The minimum Gasteiger partial charge on any atom is -0.289 e. The fraction of sp³-hybridized carbons (Fsp3) is 0. The van der Waals surface area contributed by atoms with Crippen molar-refractivity contribution < 1.29 is 4.79 Å². The van der Waals surface area contributed by atoms with Gasteiger partial charge in [-0.05, 0) is 24.3 Å². The van der Waals surface area contributed by atoms with Gasteiger partial charge in [0.1, 0.15) is 12.7 Å². The zero-order valence-corrected chi connectivity index (χ0v) is 12.3. The average molecular weight is 310 g/mol. The highest BCUT2D eigenvalue weighted by Crippen LogP contribution is 2.17. The van der Waals surface area contributed by atoms with Crippen molar-refractivity contribution in [1.29, 1.82) is 0 Å². The lowest BCUT2D eigenvalue weighted by Crippen LogP contribution is -2.04. The van der Waals surface area contributed by atoms with Crippen molar-refractivity contribution in [2.24, 2.45) is 0 Å². The number of carbonyl (C=O) groups is 1. The van der Waals surface area contributed by atoms with Gasteiger partial charge in [0, 0.05) is 22.2 Å². The van der Waals surface area contributed by atoms with Gasteiger partial charge in [0.15, 0.2) is 5.78 Å². The Morgan fingerprint density at radius 1 is 1.00 bits per heavy atom. The van der Waals surface area contributed by atoms with Crippen LogP contribution in [-0.4, -0.2) is 20.5 Å². The molecule has 0 saturated heterocycles. The molecule has 3 aromatic rings. The van der Waals surface area contributed by atoms with E-state index in [2.05, 4.69) is 10.1 Å². The number of carbonyl (C=O) groups excluding carboxylic acids is 1. The summed E-state index contributed by atoms with van der Waals surface area (Å²) in [5.74, 6) is -0.119. The van der Waals surface area contributed by atoms with E-state index in [0.717, 1.165) is 5.56 Å². The van der Waals surface area contributed by atoms with Gasteiger partial charge in [-0.15, -0.1) is 0 Å². The average Bonchev–Trinajstić information content (AvgIpc) is 3.08. The van der Waals surface area contributed by atoms with Crippen LogP contribution in [0.1, 0.15) is 15.9 Å². The van der Waals surface area contributed by atoms with Gasteiger partial charge in [-0.2, -0.15) is 5.10 Å². The van der Waals surface area contributed by atoms with Gasteiger partial charge in [-0.25, -0.2) is 9.67 Å². The molecule has 0 aliphatic rings. The van der Waals surface area contributed by atoms with Crippen molar-refractivity contribution in [3.63, 3.8) is 0 Å². The SMILES string of the molecule is O=C(/C=C(/c1ccccc1)n1cncn1)c1ccc(Cl)cc1. The topological polar surface area (TPSA) is 47.8 Å². The van der Waals surface area contributed by atoms with Gasteiger partial charge in [-0.1, -0.05) is 41.9 Å². The summed E-state index contributed by atoms with van der Waals surface area (Å²) in [6, 6.07) is 16.4. The predicted molar refractivity (Wildman–Crippen MR) is 85.6 cm³/mol. The number of aromatic nitrogens is 3. The molecule has 108 valence electrons. The number of ketones is 1. The van der Waals surface area contributed by atoms with Gasteiger partial charge >= 0.3 is 0 Å². The highest BCUT2D eigenvalue weighted by atomic mass is 35.5. The summed E-state index contributed by atoms with van der Waals surface area (Å²) in [4.78, 5) is 16.4. The molecule has 0 saturated carbocycles. The van der Waals surface area contributed by atoms with E-state index in [0.29, 0.717) is 16.3 Å². The highest BCUT2D eigenvalue weighted by Gasteiger charge is 2.09. The standard InChI is InChI=1S/C17H12ClN3O/c18-15-8-6-14(7-9-15)17(22)10-16(21-12-19-11-20-21)13-4-2-1-3-5-13/h1-12H/b16-10-. The Morgan fingerprint density at radius 3 is 2.36 bits per heavy atom. The molecule has 22 heavy (non-hydrogen) atoms. The minimum absolute atomic E-state index is 0.119. The molecule has 0 bridgehead atoms. The summed E-state index contributed by atoms with van der Waals surface area (Å²) in [5, 5.41) is 4.72. The van der Waals surface area contributed by atoms with Crippen LogP contribution in [0, 0.1) is 0 Å². The van der Waals surface area contributed by atoms with E-state index in [1.165, 1.54) is 6.33 Å². The molecule has 4 nitrogen and oxygen atoms in total. The van der Waals surface area contributed by atoms with E-state index < -0.39 is 0 Å². The van der Waals surface area contributed by atoms with E-state index in [9.17, 15) is 4.79 Å². The first-order valence-corrected chi connectivity index (χ1v) is 7.04. The van der Waals surface area contributed by atoms with E-state index in [1.807, 2.05) is 30.3 Å². The number of benzene rings is 2. The molecule has 2 aromatic carbocycles. The summed E-state index contributed by atoms with van der Waals surface area (Å²) < 4.78 is 1.57. The summed E-state index contributed by atoms with van der Waals surface area (Å²) in [7, 11) is 0. The Bertz CT molecular complexity index is 794. The van der Waals surface area contributed by atoms with Crippen LogP contribution < -0.4 is 0 Å². The molecule has 0 fully saturated rings. The van der Waals surface area contributed by atoms with Gasteiger partial charge < -0.3 is 0 Å². The normalized spacial score (nSPS) is 11.4. The predicted octanol–water partition coefficient (Wildman–Crippen LogP) is 3.70. The second-order valence-electron chi connectivity index (χ2n) is 4.61. The quantitative estimate of drug-likeness (QED) is 0.545. The minimum atomic E-state index is -0.119. The van der Waals surface area contributed by atoms with Gasteiger partial charge in [0.2, 0.25) is 0 Å². The molecule has 0 radical (unpaired) electrons. The molecule has 0 unspecified atom stereocenters. The molecule has 3 rings (SSSR count). The fourth-order valence-corrected chi connectivity index (χ4v) is 2.17. The molecule has 1 aromatic heterocycles. The Morgan fingerprint density at radius 2 is 1.73 bits per heavy atom. The van der Waals surface area contributed by atoms with Gasteiger partial charge in [0.25, 0.3) is 0 Å². The summed E-state index contributed by atoms with van der Waals surface area (Å²) in [6.07, 6.45) is 4.55.